The van der Waals surface area contributed by atoms with Gasteiger partial charge in [-0.15, -0.1) is 0 Å². The molecule has 2 heterocycles. The van der Waals surface area contributed by atoms with Crippen LogP contribution < -0.4 is 4.90 Å². The molecule has 0 spiro atoms. The molecule has 0 saturated carbocycles. The lowest BCUT2D eigenvalue weighted by Crippen LogP contribution is -2.37. The second kappa shape index (κ2) is 6.23. The van der Waals surface area contributed by atoms with Gasteiger partial charge in [0.15, 0.2) is 5.69 Å². The van der Waals surface area contributed by atoms with Crippen molar-refractivity contribution in [3.63, 3.8) is 0 Å². The zero-order valence-corrected chi connectivity index (χ0v) is 12.9. The molecule has 1 saturated heterocycles. The average Bonchev–Trinajstić information content (AvgIpc) is 2.93. The SMILES string of the molecule is COC(=O)c1c(N2CCOCC2)c(-c2ccccc2)cn1C. The van der Waals surface area contributed by atoms with Gasteiger partial charge < -0.3 is 18.9 Å². The first-order valence-electron chi connectivity index (χ1n) is 7.38. The fourth-order valence-electron chi connectivity index (χ4n) is 2.89. The number of morpholine rings is 1. The molecule has 2 aromatic rings. The molecule has 0 amide bonds. The summed E-state index contributed by atoms with van der Waals surface area (Å²) in [6.45, 7) is 2.88. The number of methoxy groups -OCH3 is 1. The van der Waals surface area contributed by atoms with Crippen molar-refractivity contribution >= 4 is 11.7 Å². The van der Waals surface area contributed by atoms with E-state index >= 15 is 0 Å². The van der Waals surface area contributed by atoms with Gasteiger partial charge >= 0.3 is 5.97 Å². The molecule has 0 atom stereocenters. The Morgan fingerprint density at radius 1 is 1.18 bits per heavy atom. The number of aromatic nitrogens is 1. The monoisotopic (exact) mass is 300 g/mol. The molecule has 0 N–H and O–H groups in total. The Kier molecular flexibility index (Phi) is 4.15. The van der Waals surface area contributed by atoms with Gasteiger partial charge in [-0.25, -0.2) is 4.79 Å². The van der Waals surface area contributed by atoms with Crippen molar-refractivity contribution in [2.24, 2.45) is 7.05 Å². The molecule has 0 aliphatic carbocycles. The second-order valence-corrected chi connectivity index (χ2v) is 5.31. The maximum atomic E-state index is 12.2. The lowest BCUT2D eigenvalue weighted by molar-refractivity contribution is 0.0589. The summed E-state index contributed by atoms with van der Waals surface area (Å²) in [7, 11) is 3.29. The van der Waals surface area contributed by atoms with Crippen LogP contribution in [-0.2, 0) is 16.5 Å². The molecule has 0 radical (unpaired) electrons. The highest BCUT2D eigenvalue weighted by Gasteiger charge is 2.27. The third-order valence-corrected chi connectivity index (χ3v) is 3.95. The van der Waals surface area contributed by atoms with Gasteiger partial charge in [-0.1, -0.05) is 30.3 Å². The van der Waals surface area contributed by atoms with Gasteiger partial charge in [0.2, 0.25) is 0 Å². The largest absolute Gasteiger partial charge is 0.464 e. The number of hydrogen-bond donors (Lipinski definition) is 0. The van der Waals surface area contributed by atoms with Crippen molar-refractivity contribution in [2.45, 2.75) is 0 Å². The molecular formula is C17H20N2O3. The highest BCUT2D eigenvalue weighted by atomic mass is 16.5. The molecule has 3 rings (SSSR count). The average molecular weight is 300 g/mol. The molecule has 116 valence electrons. The molecule has 5 heteroatoms. The Balaban J connectivity index is 2.15. The van der Waals surface area contributed by atoms with Gasteiger partial charge in [-0.05, 0) is 5.56 Å². The quantitative estimate of drug-likeness (QED) is 0.816. The number of esters is 1. The van der Waals surface area contributed by atoms with E-state index in [1.54, 1.807) is 0 Å². The van der Waals surface area contributed by atoms with Gasteiger partial charge in [0.05, 0.1) is 26.0 Å². The summed E-state index contributed by atoms with van der Waals surface area (Å²) in [4.78, 5) is 14.4. The van der Waals surface area contributed by atoms with E-state index in [2.05, 4.69) is 17.0 Å². The van der Waals surface area contributed by atoms with E-state index in [0.717, 1.165) is 29.9 Å². The molecule has 1 aliphatic heterocycles. The van der Waals surface area contributed by atoms with Gasteiger partial charge in [-0.2, -0.15) is 0 Å². The van der Waals surface area contributed by atoms with Crippen LogP contribution in [0.25, 0.3) is 11.1 Å². The first-order chi connectivity index (χ1) is 10.7. The van der Waals surface area contributed by atoms with Crippen LogP contribution in [0.2, 0.25) is 0 Å². The summed E-state index contributed by atoms with van der Waals surface area (Å²) in [6.07, 6.45) is 1.99. The summed E-state index contributed by atoms with van der Waals surface area (Å²) in [5, 5.41) is 0. The van der Waals surface area contributed by atoms with Crippen LogP contribution in [-0.4, -0.2) is 43.9 Å². The summed E-state index contributed by atoms with van der Waals surface area (Å²) in [5.41, 5.74) is 3.66. The van der Waals surface area contributed by atoms with Crippen molar-refractivity contribution in [2.75, 3.05) is 38.3 Å². The van der Waals surface area contributed by atoms with E-state index in [4.69, 9.17) is 9.47 Å². The van der Waals surface area contributed by atoms with Crippen LogP contribution in [0.15, 0.2) is 36.5 Å². The van der Waals surface area contributed by atoms with Crippen LogP contribution >= 0.6 is 0 Å². The predicted molar refractivity (Wildman–Crippen MR) is 85.2 cm³/mol. The van der Waals surface area contributed by atoms with E-state index in [-0.39, 0.29) is 5.97 Å². The zero-order valence-electron chi connectivity index (χ0n) is 12.9. The van der Waals surface area contributed by atoms with E-state index in [1.165, 1.54) is 7.11 Å². The van der Waals surface area contributed by atoms with Crippen LogP contribution in [0.4, 0.5) is 5.69 Å². The number of aryl methyl sites for hydroxylation is 1. The lowest BCUT2D eigenvalue weighted by Gasteiger charge is -2.30. The number of nitrogens with zero attached hydrogens (tertiary/aromatic N) is 2. The first kappa shape index (κ1) is 14.7. The predicted octanol–water partition coefficient (Wildman–Crippen LogP) is 2.32. The topological polar surface area (TPSA) is 43.7 Å². The minimum Gasteiger partial charge on any atom is -0.464 e. The minimum atomic E-state index is -0.314. The van der Waals surface area contributed by atoms with Crippen molar-refractivity contribution in [3.8, 4) is 11.1 Å². The molecule has 0 bridgehead atoms. The maximum Gasteiger partial charge on any atom is 0.356 e. The minimum absolute atomic E-state index is 0.314. The molecule has 1 aromatic heterocycles. The number of ether oxygens (including phenoxy) is 2. The Bertz CT molecular complexity index is 658. The smallest absolute Gasteiger partial charge is 0.356 e. The van der Waals surface area contributed by atoms with Gasteiger partial charge in [0.25, 0.3) is 0 Å². The van der Waals surface area contributed by atoms with Crippen molar-refractivity contribution in [1.82, 2.24) is 4.57 Å². The van der Waals surface area contributed by atoms with E-state index < -0.39 is 0 Å². The van der Waals surface area contributed by atoms with Crippen molar-refractivity contribution in [3.05, 3.63) is 42.2 Å². The molecule has 0 unspecified atom stereocenters. The lowest BCUT2D eigenvalue weighted by atomic mass is 10.1. The molecule has 1 aliphatic rings. The Labute approximate surface area is 130 Å². The maximum absolute atomic E-state index is 12.2. The molecule has 5 nitrogen and oxygen atoms in total. The Morgan fingerprint density at radius 3 is 2.50 bits per heavy atom. The molecule has 22 heavy (non-hydrogen) atoms. The standard InChI is InChI=1S/C17H20N2O3/c1-18-12-14(13-6-4-3-5-7-13)15(16(18)17(20)21-2)19-8-10-22-11-9-19/h3-7,12H,8-11H2,1-2H3. The van der Waals surface area contributed by atoms with Crippen molar-refractivity contribution < 1.29 is 14.3 Å². The number of carbonyl (C=O) groups is 1. The Hall–Kier alpha value is -2.27. The summed E-state index contributed by atoms with van der Waals surface area (Å²) in [5.74, 6) is -0.314. The summed E-state index contributed by atoms with van der Waals surface area (Å²) < 4.78 is 12.3. The molecular weight excluding hydrogens is 280 g/mol. The fraction of sp³-hybridized carbons (Fsp3) is 0.353. The highest BCUT2D eigenvalue weighted by molar-refractivity contribution is 5.99. The summed E-state index contributed by atoms with van der Waals surface area (Å²) in [6, 6.07) is 10.1. The third-order valence-electron chi connectivity index (χ3n) is 3.95. The van der Waals surface area contributed by atoms with Gasteiger partial charge in [0.1, 0.15) is 0 Å². The summed E-state index contributed by atoms with van der Waals surface area (Å²) >= 11 is 0. The second-order valence-electron chi connectivity index (χ2n) is 5.31. The normalized spacial score (nSPS) is 14.9. The molecule has 1 aromatic carbocycles. The number of hydrogen-bond acceptors (Lipinski definition) is 4. The number of anilines is 1. The van der Waals surface area contributed by atoms with E-state index in [9.17, 15) is 4.79 Å². The van der Waals surface area contributed by atoms with Gasteiger partial charge in [-0.3, -0.25) is 0 Å². The van der Waals surface area contributed by atoms with Crippen LogP contribution in [0.5, 0.6) is 0 Å². The van der Waals surface area contributed by atoms with Crippen LogP contribution in [0.1, 0.15) is 10.5 Å². The number of rotatable bonds is 3. The van der Waals surface area contributed by atoms with E-state index in [0.29, 0.717) is 18.9 Å². The van der Waals surface area contributed by atoms with E-state index in [1.807, 2.05) is 36.0 Å². The van der Waals surface area contributed by atoms with Gasteiger partial charge in [0, 0.05) is 31.9 Å². The van der Waals surface area contributed by atoms with Crippen LogP contribution in [0.3, 0.4) is 0 Å². The first-order valence-corrected chi connectivity index (χ1v) is 7.38. The number of carbonyl (C=O) groups excluding carboxylic acids is 1. The Morgan fingerprint density at radius 2 is 1.86 bits per heavy atom. The fourth-order valence-corrected chi connectivity index (χ4v) is 2.89. The molecule has 1 fully saturated rings. The third kappa shape index (κ3) is 2.60. The van der Waals surface area contributed by atoms with Crippen LogP contribution in [0, 0.1) is 0 Å². The zero-order chi connectivity index (χ0) is 15.5. The number of benzene rings is 1. The van der Waals surface area contributed by atoms with Crippen molar-refractivity contribution in [1.29, 1.82) is 0 Å². The highest BCUT2D eigenvalue weighted by Crippen LogP contribution is 2.36.